The molecule has 0 unspecified atom stereocenters. The zero-order valence-corrected chi connectivity index (χ0v) is 12.0. The highest BCUT2D eigenvalue weighted by molar-refractivity contribution is 5.97. The number of amidine groups is 1. The van der Waals surface area contributed by atoms with Gasteiger partial charge in [-0.2, -0.15) is 0 Å². The quantitative estimate of drug-likeness (QED) is 0.278. The SMILES string of the molecule is N/C(=N/OC(=O)CCCOc1ccccc1)c1cccnc1. The van der Waals surface area contributed by atoms with Crippen molar-refractivity contribution in [3.63, 3.8) is 0 Å². The Morgan fingerprint density at radius 3 is 2.73 bits per heavy atom. The lowest BCUT2D eigenvalue weighted by molar-refractivity contribution is -0.143. The standard InChI is InChI=1S/C16H17N3O3/c17-16(13-6-4-10-18-12-13)19-22-15(20)9-5-11-21-14-7-2-1-3-8-14/h1-4,6-8,10,12H,5,9,11H2,(H2,17,19). The molecule has 1 heterocycles. The topological polar surface area (TPSA) is 86.8 Å². The van der Waals surface area contributed by atoms with Gasteiger partial charge in [0.1, 0.15) is 5.75 Å². The lowest BCUT2D eigenvalue weighted by atomic mass is 10.3. The maximum atomic E-state index is 11.5. The molecule has 0 saturated heterocycles. The van der Waals surface area contributed by atoms with Crippen molar-refractivity contribution >= 4 is 11.8 Å². The lowest BCUT2D eigenvalue weighted by Crippen LogP contribution is -2.15. The van der Waals surface area contributed by atoms with Crippen molar-refractivity contribution in [1.82, 2.24) is 4.98 Å². The molecule has 6 heteroatoms. The van der Waals surface area contributed by atoms with E-state index in [4.69, 9.17) is 15.3 Å². The van der Waals surface area contributed by atoms with E-state index in [1.54, 1.807) is 24.5 Å². The van der Waals surface area contributed by atoms with Crippen molar-refractivity contribution < 1.29 is 14.4 Å². The first-order chi connectivity index (χ1) is 10.8. The first-order valence-electron chi connectivity index (χ1n) is 6.87. The van der Waals surface area contributed by atoms with Gasteiger partial charge in [0.05, 0.1) is 13.0 Å². The second-order valence-electron chi connectivity index (χ2n) is 4.45. The molecular weight excluding hydrogens is 282 g/mol. The Morgan fingerprint density at radius 1 is 1.18 bits per heavy atom. The molecule has 0 atom stereocenters. The number of carbonyl (C=O) groups excluding carboxylic acids is 1. The first-order valence-corrected chi connectivity index (χ1v) is 6.87. The van der Waals surface area contributed by atoms with Crippen molar-refractivity contribution in [2.24, 2.45) is 10.9 Å². The van der Waals surface area contributed by atoms with Gasteiger partial charge in [0.25, 0.3) is 0 Å². The molecule has 0 radical (unpaired) electrons. The number of nitrogens with two attached hydrogens (primary N) is 1. The van der Waals surface area contributed by atoms with Crippen LogP contribution in [0, 0.1) is 0 Å². The van der Waals surface area contributed by atoms with Crippen molar-refractivity contribution in [3.8, 4) is 5.75 Å². The highest BCUT2D eigenvalue weighted by atomic mass is 16.7. The molecule has 2 aromatic rings. The Balaban J connectivity index is 1.68. The van der Waals surface area contributed by atoms with Gasteiger partial charge in [-0.3, -0.25) is 4.98 Å². The summed E-state index contributed by atoms with van der Waals surface area (Å²) in [6.45, 7) is 0.431. The summed E-state index contributed by atoms with van der Waals surface area (Å²) >= 11 is 0. The van der Waals surface area contributed by atoms with Gasteiger partial charge in [0, 0.05) is 18.0 Å². The van der Waals surface area contributed by atoms with Gasteiger partial charge in [0.15, 0.2) is 5.84 Å². The number of oxime groups is 1. The first kappa shape index (κ1) is 15.5. The zero-order valence-electron chi connectivity index (χ0n) is 12.0. The van der Waals surface area contributed by atoms with E-state index in [0.717, 1.165) is 5.75 Å². The van der Waals surface area contributed by atoms with Crippen LogP contribution in [0.2, 0.25) is 0 Å². The number of aromatic nitrogens is 1. The van der Waals surface area contributed by atoms with Crippen molar-refractivity contribution in [2.75, 3.05) is 6.61 Å². The van der Waals surface area contributed by atoms with Crippen LogP contribution in [-0.2, 0) is 9.63 Å². The molecule has 0 aliphatic heterocycles. The predicted octanol–water partition coefficient (Wildman–Crippen LogP) is 2.10. The van der Waals surface area contributed by atoms with Gasteiger partial charge in [0.2, 0.25) is 0 Å². The lowest BCUT2D eigenvalue weighted by Gasteiger charge is -2.04. The third-order valence-corrected chi connectivity index (χ3v) is 2.74. The second kappa shape index (κ2) is 8.41. The van der Waals surface area contributed by atoms with Gasteiger partial charge in [-0.15, -0.1) is 0 Å². The van der Waals surface area contributed by atoms with Crippen LogP contribution in [0.3, 0.4) is 0 Å². The van der Waals surface area contributed by atoms with E-state index >= 15 is 0 Å². The summed E-state index contributed by atoms with van der Waals surface area (Å²) in [6.07, 6.45) is 3.91. The van der Waals surface area contributed by atoms with Crippen molar-refractivity contribution in [2.45, 2.75) is 12.8 Å². The minimum atomic E-state index is -0.455. The predicted molar refractivity (Wildman–Crippen MR) is 82.2 cm³/mol. The molecule has 0 spiro atoms. The summed E-state index contributed by atoms with van der Waals surface area (Å²) in [5.41, 5.74) is 6.28. The van der Waals surface area contributed by atoms with Crippen molar-refractivity contribution in [3.05, 3.63) is 60.4 Å². The Kier molecular flexibility index (Phi) is 5.92. The number of para-hydroxylation sites is 1. The molecule has 0 fully saturated rings. The van der Waals surface area contributed by atoms with Crippen molar-refractivity contribution in [1.29, 1.82) is 0 Å². The Bertz CT molecular complexity index is 615. The fourth-order valence-electron chi connectivity index (χ4n) is 1.64. The average molecular weight is 299 g/mol. The van der Waals surface area contributed by atoms with Crippen LogP contribution < -0.4 is 10.5 Å². The molecule has 0 aliphatic carbocycles. The van der Waals surface area contributed by atoms with E-state index < -0.39 is 5.97 Å². The summed E-state index contributed by atoms with van der Waals surface area (Å²) < 4.78 is 5.47. The van der Waals surface area contributed by atoms with Crippen LogP contribution in [0.1, 0.15) is 18.4 Å². The number of rotatable bonds is 7. The Morgan fingerprint density at radius 2 is 2.00 bits per heavy atom. The van der Waals surface area contributed by atoms with Crippen LogP contribution >= 0.6 is 0 Å². The molecule has 2 rings (SSSR count). The number of benzene rings is 1. The minimum absolute atomic E-state index is 0.113. The molecule has 0 amide bonds. The zero-order chi connectivity index (χ0) is 15.6. The van der Waals surface area contributed by atoms with Crippen LogP contribution in [0.4, 0.5) is 0 Å². The van der Waals surface area contributed by atoms with E-state index in [0.29, 0.717) is 18.6 Å². The largest absolute Gasteiger partial charge is 0.494 e. The second-order valence-corrected chi connectivity index (χ2v) is 4.45. The van der Waals surface area contributed by atoms with Gasteiger partial charge >= 0.3 is 5.97 Å². The van der Waals surface area contributed by atoms with E-state index in [9.17, 15) is 4.79 Å². The van der Waals surface area contributed by atoms with Gasteiger partial charge < -0.3 is 15.3 Å². The fraction of sp³-hybridized carbons (Fsp3) is 0.188. The van der Waals surface area contributed by atoms with E-state index in [2.05, 4.69) is 10.1 Å². The fourth-order valence-corrected chi connectivity index (χ4v) is 1.64. The van der Waals surface area contributed by atoms with E-state index in [-0.39, 0.29) is 12.3 Å². The average Bonchev–Trinajstić information content (AvgIpc) is 2.58. The van der Waals surface area contributed by atoms with Gasteiger partial charge in [-0.25, -0.2) is 4.79 Å². The number of nitrogens with zero attached hydrogens (tertiary/aromatic N) is 2. The number of carbonyl (C=O) groups is 1. The molecule has 0 bridgehead atoms. The summed E-state index contributed by atoms with van der Waals surface area (Å²) in [7, 11) is 0. The Labute approximate surface area is 128 Å². The number of pyridine rings is 1. The molecule has 2 N–H and O–H groups in total. The maximum absolute atomic E-state index is 11.5. The summed E-state index contributed by atoms with van der Waals surface area (Å²) in [6, 6.07) is 12.9. The highest BCUT2D eigenvalue weighted by Crippen LogP contribution is 2.09. The van der Waals surface area contributed by atoms with Gasteiger partial charge in [-0.05, 0) is 30.7 Å². The molecule has 0 saturated carbocycles. The third-order valence-electron chi connectivity index (χ3n) is 2.74. The molecule has 22 heavy (non-hydrogen) atoms. The molecule has 1 aromatic heterocycles. The highest BCUT2D eigenvalue weighted by Gasteiger charge is 2.05. The monoisotopic (exact) mass is 299 g/mol. The summed E-state index contributed by atoms with van der Waals surface area (Å²) in [5.74, 6) is 0.431. The van der Waals surface area contributed by atoms with Crippen LogP contribution in [0.5, 0.6) is 5.75 Å². The molecule has 0 aliphatic rings. The molecule has 1 aromatic carbocycles. The van der Waals surface area contributed by atoms with Gasteiger partial charge in [-0.1, -0.05) is 23.4 Å². The Hall–Kier alpha value is -2.89. The minimum Gasteiger partial charge on any atom is -0.494 e. The van der Waals surface area contributed by atoms with E-state index in [1.807, 2.05) is 30.3 Å². The summed E-state index contributed by atoms with van der Waals surface area (Å²) in [5, 5.41) is 3.60. The molecule has 114 valence electrons. The number of hydrogen-bond donors (Lipinski definition) is 1. The van der Waals surface area contributed by atoms with Crippen LogP contribution in [0.25, 0.3) is 0 Å². The molecular formula is C16H17N3O3. The summed E-state index contributed by atoms with van der Waals surface area (Å²) in [4.78, 5) is 20.2. The normalized spacial score (nSPS) is 11.0. The molecule has 6 nitrogen and oxygen atoms in total. The van der Waals surface area contributed by atoms with Crippen LogP contribution in [-0.4, -0.2) is 23.4 Å². The van der Waals surface area contributed by atoms with E-state index in [1.165, 1.54) is 0 Å². The van der Waals surface area contributed by atoms with Crippen LogP contribution in [0.15, 0.2) is 60.0 Å². The third kappa shape index (κ3) is 5.24. The maximum Gasteiger partial charge on any atom is 0.335 e. The number of hydrogen-bond acceptors (Lipinski definition) is 5. The number of ether oxygens (including phenoxy) is 1. The smallest absolute Gasteiger partial charge is 0.335 e.